The van der Waals surface area contributed by atoms with Gasteiger partial charge in [0.1, 0.15) is 0 Å². The Morgan fingerprint density at radius 2 is 1.81 bits per heavy atom. The van der Waals surface area contributed by atoms with Gasteiger partial charge in [-0.25, -0.2) is 0 Å². The van der Waals surface area contributed by atoms with Gasteiger partial charge < -0.3 is 9.31 Å². The van der Waals surface area contributed by atoms with Crippen molar-refractivity contribution in [2.24, 2.45) is 0 Å². The summed E-state index contributed by atoms with van der Waals surface area (Å²) in [5.41, 5.74) is -0.608. The molecule has 0 aliphatic carbocycles. The largest absolute Gasteiger partial charge is 0.551 e. The van der Waals surface area contributed by atoms with Crippen LogP contribution < -0.4 is 0 Å². The standard InChI is InChI=1S/C12H15BO2S/c1-11(2)12(3,4)15-13(14-11)8-7-10-6-5-9-16-10/h5-6,9H,1-4H3. The predicted octanol–water partition coefficient (Wildman–Crippen LogP) is 2.73. The quantitative estimate of drug-likeness (QED) is 0.507. The lowest BCUT2D eigenvalue weighted by atomic mass is 9.90. The van der Waals surface area contributed by atoms with Crippen molar-refractivity contribution >= 4 is 18.5 Å². The van der Waals surface area contributed by atoms with E-state index in [1.165, 1.54) is 0 Å². The van der Waals surface area contributed by atoms with Crippen LogP contribution in [0.4, 0.5) is 0 Å². The second kappa shape index (κ2) is 3.92. The molecule has 0 aromatic carbocycles. The van der Waals surface area contributed by atoms with Crippen LogP contribution in [0.3, 0.4) is 0 Å². The molecule has 0 unspecified atom stereocenters. The van der Waals surface area contributed by atoms with Crippen molar-refractivity contribution in [2.45, 2.75) is 38.9 Å². The molecule has 0 saturated carbocycles. The monoisotopic (exact) mass is 234 g/mol. The average molecular weight is 234 g/mol. The minimum Gasteiger partial charge on any atom is -0.392 e. The summed E-state index contributed by atoms with van der Waals surface area (Å²) in [5, 5.41) is 2.01. The third-order valence-electron chi connectivity index (χ3n) is 3.09. The van der Waals surface area contributed by atoms with Gasteiger partial charge in [-0.15, -0.1) is 11.3 Å². The number of hydrogen-bond acceptors (Lipinski definition) is 3. The summed E-state index contributed by atoms with van der Waals surface area (Å²) in [4.78, 5) is 1.04. The van der Waals surface area contributed by atoms with E-state index in [0.717, 1.165) is 4.88 Å². The molecule has 16 heavy (non-hydrogen) atoms. The van der Waals surface area contributed by atoms with Gasteiger partial charge in [-0.2, -0.15) is 0 Å². The zero-order chi connectivity index (χ0) is 11.8. The van der Waals surface area contributed by atoms with Crippen LogP contribution in [0.25, 0.3) is 0 Å². The Balaban J connectivity index is 2.10. The molecule has 1 aromatic rings. The first-order valence-electron chi connectivity index (χ1n) is 5.31. The van der Waals surface area contributed by atoms with Gasteiger partial charge in [0.05, 0.1) is 16.1 Å². The molecule has 2 nitrogen and oxygen atoms in total. The Morgan fingerprint density at radius 3 is 2.31 bits per heavy atom. The van der Waals surface area contributed by atoms with Crippen LogP contribution in [-0.2, 0) is 9.31 Å². The first-order chi connectivity index (χ1) is 7.41. The minimum atomic E-state index is -0.424. The summed E-state index contributed by atoms with van der Waals surface area (Å²) in [7, 11) is -0.424. The van der Waals surface area contributed by atoms with E-state index in [1.54, 1.807) is 11.3 Å². The van der Waals surface area contributed by atoms with E-state index in [0.29, 0.717) is 0 Å². The summed E-state index contributed by atoms with van der Waals surface area (Å²) in [5.74, 6) is 6.07. The molecule has 4 heteroatoms. The van der Waals surface area contributed by atoms with E-state index in [-0.39, 0.29) is 11.2 Å². The summed E-state index contributed by atoms with van der Waals surface area (Å²) >= 11 is 1.62. The fraction of sp³-hybridized carbons (Fsp3) is 0.500. The Morgan fingerprint density at radius 1 is 1.19 bits per heavy atom. The summed E-state index contributed by atoms with van der Waals surface area (Å²) in [6.45, 7) is 8.11. The second-order valence-electron chi connectivity index (χ2n) is 4.83. The predicted molar refractivity (Wildman–Crippen MR) is 67.3 cm³/mol. The molecular formula is C12H15BO2S. The molecule has 2 heterocycles. The molecule has 84 valence electrons. The van der Waals surface area contributed by atoms with Crippen molar-refractivity contribution in [2.75, 3.05) is 0 Å². The van der Waals surface area contributed by atoms with Crippen molar-refractivity contribution in [1.29, 1.82) is 0 Å². The smallest absolute Gasteiger partial charge is 0.392 e. The molecule has 0 atom stereocenters. The molecule has 0 bridgehead atoms. The number of rotatable bonds is 0. The highest BCUT2D eigenvalue weighted by Gasteiger charge is 2.50. The first kappa shape index (κ1) is 11.7. The molecule has 1 fully saturated rings. The van der Waals surface area contributed by atoms with Crippen LogP contribution in [0.1, 0.15) is 32.6 Å². The Bertz CT molecular complexity index is 410. The van der Waals surface area contributed by atoms with E-state index >= 15 is 0 Å². The molecule has 0 N–H and O–H groups in total. The fourth-order valence-corrected chi connectivity index (χ4v) is 1.96. The highest BCUT2D eigenvalue weighted by molar-refractivity contribution is 7.10. The van der Waals surface area contributed by atoms with Gasteiger partial charge in [0.2, 0.25) is 0 Å². The Labute approximate surface area is 101 Å². The second-order valence-corrected chi connectivity index (χ2v) is 5.78. The lowest BCUT2D eigenvalue weighted by molar-refractivity contribution is 0.00578. The van der Waals surface area contributed by atoms with E-state index in [2.05, 4.69) is 11.7 Å². The Kier molecular flexibility index (Phi) is 2.87. The molecule has 1 aliphatic rings. The number of hydrogen-bond donors (Lipinski definition) is 0. The molecule has 1 aromatic heterocycles. The maximum Gasteiger partial charge on any atom is 0.551 e. The van der Waals surface area contributed by atoms with Gasteiger partial charge in [-0.05, 0) is 39.1 Å². The molecule has 1 aliphatic heterocycles. The van der Waals surface area contributed by atoms with E-state index in [1.807, 2.05) is 45.2 Å². The Hall–Kier alpha value is -0.755. The normalized spacial score (nSPS) is 21.6. The third-order valence-corrected chi connectivity index (χ3v) is 3.87. The van der Waals surface area contributed by atoms with Crippen LogP contribution in [-0.4, -0.2) is 18.3 Å². The topological polar surface area (TPSA) is 18.5 Å². The minimum absolute atomic E-state index is 0.304. The van der Waals surface area contributed by atoms with Crippen molar-refractivity contribution in [3.63, 3.8) is 0 Å². The molecule has 0 radical (unpaired) electrons. The molecule has 2 rings (SSSR count). The summed E-state index contributed by atoms with van der Waals surface area (Å²) in [6, 6.07) is 3.97. The van der Waals surface area contributed by atoms with Crippen LogP contribution in [0, 0.1) is 11.7 Å². The van der Waals surface area contributed by atoms with Gasteiger partial charge in [-0.1, -0.05) is 17.8 Å². The van der Waals surface area contributed by atoms with Crippen molar-refractivity contribution in [3.05, 3.63) is 22.4 Å². The zero-order valence-electron chi connectivity index (χ0n) is 10.0. The lowest BCUT2D eigenvalue weighted by Gasteiger charge is -2.32. The number of thiophene rings is 1. The zero-order valence-corrected chi connectivity index (χ0v) is 10.9. The van der Waals surface area contributed by atoms with Gasteiger partial charge in [0.15, 0.2) is 0 Å². The highest BCUT2D eigenvalue weighted by atomic mass is 32.1. The fourth-order valence-electron chi connectivity index (χ4n) is 1.38. The molecule has 1 saturated heterocycles. The van der Waals surface area contributed by atoms with Gasteiger partial charge >= 0.3 is 7.12 Å². The molecule has 0 spiro atoms. The molecule has 0 amide bonds. The lowest BCUT2D eigenvalue weighted by Crippen LogP contribution is -2.41. The van der Waals surface area contributed by atoms with Crippen LogP contribution in [0.2, 0.25) is 0 Å². The van der Waals surface area contributed by atoms with Crippen molar-refractivity contribution < 1.29 is 9.31 Å². The van der Waals surface area contributed by atoms with Crippen molar-refractivity contribution in [1.82, 2.24) is 0 Å². The third kappa shape index (κ3) is 2.17. The van der Waals surface area contributed by atoms with Crippen LogP contribution in [0.15, 0.2) is 17.5 Å². The highest BCUT2D eigenvalue weighted by Crippen LogP contribution is 2.36. The maximum atomic E-state index is 5.77. The van der Waals surface area contributed by atoms with Gasteiger partial charge in [-0.3, -0.25) is 0 Å². The molecular weight excluding hydrogens is 219 g/mol. The summed E-state index contributed by atoms with van der Waals surface area (Å²) in [6.07, 6.45) is 0. The van der Waals surface area contributed by atoms with Crippen LogP contribution >= 0.6 is 11.3 Å². The van der Waals surface area contributed by atoms with E-state index in [4.69, 9.17) is 9.31 Å². The van der Waals surface area contributed by atoms with Crippen molar-refractivity contribution in [3.8, 4) is 11.7 Å². The average Bonchev–Trinajstić information content (AvgIpc) is 2.70. The van der Waals surface area contributed by atoms with Gasteiger partial charge in [0, 0.05) is 0 Å². The van der Waals surface area contributed by atoms with Gasteiger partial charge in [0.25, 0.3) is 0 Å². The van der Waals surface area contributed by atoms with E-state index in [9.17, 15) is 0 Å². The SMILES string of the molecule is CC1(C)OB(C#Cc2cccs2)OC1(C)C. The first-order valence-corrected chi connectivity index (χ1v) is 6.19. The maximum absolute atomic E-state index is 5.77. The van der Waals surface area contributed by atoms with Crippen LogP contribution in [0.5, 0.6) is 0 Å². The van der Waals surface area contributed by atoms with E-state index < -0.39 is 7.12 Å². The summed E-state index contributed by atoms with van der Waals surface area (Å²) < 4.78 is 11.5.